The van der Waals surface area contributed by atoms with E-state index in [1.807, 2.05) is 25.3 Å². The monoisotopic (exact) mass is 255 g/mol. The van der Waals surface area contributed by atoms with Gasteiger partial charge in [0.25, 0.3) is 0 Å². The van der Waals surface area contributed by atoms with Crippen LogP contribution in [0.15, 0.2) is 48.7 Å². The van der Waals surface area contributed by atoms with E-state index in [2.05, 4.69) is 47.3 Å². The Labute approximate surface area is 115 Å². The summed E-state index contributed by atoms with van der Waals surface area (Å²) in [4.78, 5) is 6.57. The van der Waals surface area contributed by atoms with Gasteiger partial charge in [-0.3, -0.25) is 0 Å². The average Bonchev–Trinajstić information content (AvgIpc) is 2.46. The minimum Gasteiger partial charge on any atom is -0.359 e. The van der Waals surface area contributed by atoms with Crippen molar-refractivity contribution in [1.29, 1.82) is 0 Å². The summed E-state index contributed by atoms with van der Waals surface area (Å²) in [6.07, 6.45) is 2.84. The fourth-order valence-corrected chi connectivity index (χ4v) is 1.98. The van der Waals surface area contributed by atoms with E-state index >= 15 is 0 Å². The Kier molecular flexibility index (Phi) is 4.53. The van der Waals surface area contributed by atoms with Crippen molar-refractivity contribution < 1.29 is 0 Å². The quantitative estimate of drug-likeness (QED) is 0.893. The molecule has 19 heavy (non-hydrogen) atoms. The van der Waals surface area contributed by atoms with Crippen molar-refractivity contribution >= 4 is 5.82 Å². The highest BCUT2D eigenvalue weighted by molar-refractivity contribution is 5.41. The van der Waals surface area contributed by atoms with E-state index in [9.17, 15) is 0 Å². The number of aromatic nitrogens is 1. The van der Waals surface area contributed by atoms with Gasteiger partial charge in [-0.15, -0.1) is 0 Å². The molecule has 0 saturated carbocycles. The van der Waals surface area contributed by atoms with Crippen LogP contribution in [0, 0.1) is 0 Å². The molecule has 2 aromatic rings. The van der Waals surface area contributed by atoms with Gasteiger partial charge in [-0.1, -0.05) is 30.3 Å². The fraction of sp³-hybridized carbons (Fsp3) is 0.312. The fourth-order valence-electron chi connectivity index (χ4n) is 1.98. The Hall–Kier alpha value is -1.87. The van der Waals surface area contributed by atoms with Crippen LogP contribution in [0.1, 0.15) is 24.1 Å². The van der Waals surface area contributed by atoms with E-state index in [0.29, 0.717) is 0 Å². The third-order valence-corrected chi connectivity index (χ3v) is 3.27. The van der Waals surface area contributed by atoms with Crippen LogP contribution >= 0.6 is 0 Å². The molecule has 0 aliphatic heterocycles. The van der Waals surface area contributed by atoms with Crippen LogP contribution in [0.25, 0.3) is 0 Å². The van der Waals surface area contributed by atoms with Crippen molar-refractivity contribution in [2.24, 2.45) is 5.73 Å². The molecule has 0 fully saturated rings. The molecule has 2 rings (SSSR count). The first kappa shape index (κ1) is 13.6. The Bertz CT molecular complexity index is 508. The van der Waals surface area contributed by atoms with Crippen molar-refractivity contribution in [2.75, 3.05) is 18.5 Å². The molecule has 2 N–H and O–H groups in total. The lowest BCUT2D eigenvalue weighted by atomic mass is 10.1. The Morgan fingerprint density at radius 3 is 2.63 bits per heavy atom. The molecular weight excluding hydrogens is 234 g/mol. The number of likely N-dealkylation sites (N-methyl/N-ethyl adjacent to an activating group) is 1. The van der Waals surface area contributed by atoms with Crippen LogP contribution in [0.5, 0.6) is 0 Å². The molecule has 0 aliphatic carbocycles. The second kappa shape index (κ2) is 6.34. The summed E-state index contributed by atoms with van der Waals surface area (Å²) in [7, 11) is 2.07. The first-order valence-corrected chi connectivity index (χ1v) is 6.63. The minimum absolute atomic E-state index is 0.0456. The Morgan fingerprint density at radius 2 is 1.95 bits per heavy atom. The maximum absolute atomic E-state index is 5.90. The summed E-state index contributed by atoms with van der Waals surface area (Å²) in [6.45, 7) is 2.93. The van der Waals surface area contributed by atoms with Gasteiger partial charge in [-0.2, -0.15) is 0 Å². The van der Waals surface area contributed by atoms with Crippen LogP contribution in [-0.4, -0.2) is 18.6 Å². The van der Waals surface area contributed by atoms with Gasteiger partial charge in [0.05, 0.1) is 0 Å². The molecule has 0 saturated heterocycles. The zero-order chi connectivity index (χ0) is 13.7. The smallest absolute Gasteiger partial charge is 0.128 e. The Morgan fingerprint density at radius 1 is 1.21 bits per heavy atom. The van der Waals surface area contributed by atoms with Gasteiger partial charge in [-0.25, -0.2) is 4.98 Å². The first-order chi connectivity index (χ1) is 9.16. The molecule has 1 aromatic carbocycles. The van der Waals surface area contributed by atoms with Gasteiger partial charge in [0, 0.05) is 25.8 Å². The summed E-state index contributed by atoms with van der Waals surface area (Å²) >= 11 is 0. The molecule has 0 aliphatic rings. The van der Waals surface area contributed by atoms with E-state index in [-0.39, 0.29) is 6.04 Å². The summed E-state index contributed by atoms with van der Waals surface area (Å²) in [6, 6.07) is 14.6. The maximum atomic E-state index is 5.90. The number of nitrogens with two attached hydrogens (primary N) is 1. The zero-order valence-corrected chi connectivity index (χ0v) is 11.6. The number of rotatable bonds is 5. The largest absolute Gasteiger partial charge is 0.359 e. The van der Waals surface area contributed by atoms with Gasteiger partial charge in [0.15, 0.2) is 0 Å². The molecule has 1 atom stereocenters. The molecule has 100 valence electrons. The molecule has 1 heterocycles. The SMILES string of the molecule is CC(N)c1ccnc(N(C)CCc2ccccc2)c1. The normalized spacial score (nSPS) is 12.2. The van der Waals surface area contributed by atoms with Crippen molar-refractivity contribution in [3.8, 4) is 0 Å². The van der Waals surface area contributed by atoms with E-state index in [4.69, 9.17) is 5.73 Å². The second-order valence-electron chi connectivity index (χ2n) is 4.89. The highest BCUT2D eigenvalue weighted by atomic mass is 15.2. The molecule has 1 aromatic heterocycles. The van der Waals surface area contributed by atoms with Crippen molar-refractivity contribution in [3.05, 3.63) is 59.8 Å². The van der Waals surface area contributed by atoms with Gasteiger partial charge >= 0.3 is 0 Å². The third kappa shape index (κ3) is 3.80. The summed E-state index contributed by atoms with van der Waals surface area (Å²) < 4.78 is 0. The number of anilines is 1. The van der Waals surface area contributed by atoms with Crippen LogP contribution < -0.4 is 10.6 Å². The van der Waals surface area contributed by atoms with Crippen LogP contribution in [-0.2, 0) is 6.42 Å². The predicted octanol–water partition coefficient (Wildman–Crippen LogP) is 2.78. The number of nitrogens with zero attached hydrogens (tertiary/aromatic N) is 2. The van der Waals surface area contributed by atoms with Crippen molar-refractivity contribution in [1.82, 2.24) is 4.98 Å². The minimum atomic E-state index is 0.0456. The molecular formula is C16H21N3. The third-order valence-electron chi connectivity index (χ3n) is 3.27. The highest BCUT2D eigenvalue weighted by Crippen LogP contribution is 2.16. The number of benzene rings is 1. The standard InChI is InChI=1S/C16H21N3/c1-13(17)15-8-10-18-16(12-15)19(2)11-9-14-6-4-3-5-7-14/h3-8,10,12-13H,9,11,17H2,1-2H3. The van der Waals surface area contributed by atoms with E-state index < -0.39 is 0 Å². The van der Waals surface area contributed by atoms with E-state index in [1.165, 1.54) is 5.56 Å². The molecule has 0 radical (unpaired) electrons. The Balaban J connectivity index is 2.00. The van der Waals surface area contributed by atoms with Crippen LogP contribution in [0.3, 0.4) is 0 Å². The lowest BCUT2D eigenvalue weighted by molar-refractivity contribution is 0.806. The van der Waals surface area contributed by atoms with Gasteiger partial charge < -0.3 is 10.6 Å². The van der Waals surface area contributed by atoms with Gasteiger partial charge in [0.1, 0.15) is 5.82 Å². The molecule has 0 bridgehead atoms. The van der Waals surface area contributed by atoms with Gasteiger partial charge in [-0.05, 0) is 36.6 Å². The van der Waals surface area contributed by atoms with Crippen molar-refractivity contribution in [3.63, 3.8) is 0 Å². The van der Waals surface area contributed by atoms with Crippen LogP contribution in [0.2, 0.25) is 0 Å². The lowest BCUT2D eigenvalue weighted by Crippen LogP contribution is -2.21. The molecule has 0 amide bonds. The summed E-state index contributed by atoms with van der Waals surface area (Å²) in [5, 5.41) is 0. The van der Waals surface area contributed by atoms with Crippen molar-refractivity contribution in [2.45, 2.75) is 19.4 Å². The summed E-state index contributed by atoms with van der Waals surface area (Å²) in [5.41, 5.74) is 8.37. The van der Waals surface area contributed by atoms with E-state index in [0.717, 1.165) is 24.3 Å². The van der Waals surface area contributed by atoms with Gasteiger partial charge in [0.2, 0.25) is 0 Å². The lowest BCUT2D eigenvalue weighted by Gasteiger charge is -2.19. The molecule has 0 spiro atoms. The molecule has 1 unspecified atom stereocenters. The first-order valence-electron chi connectivity index (χ1n) is 6.63. The zero-order valence-electron chi connectivity index (χ0n) is 11.6. The summed E-state index contributed by atoms with van der Waals surface area (Å²) in [5.74, 6) is 0.978. The van der Waals surface area contributed by atoms with Crippen LogP contribution in [0.4, 0.5) is 5.82 Å². The highest BCUT2D eigenvalue weighted by Gasteiger charge is 2.06. The average molecular weight is 255 g/mol. The second-order valence-corrected chi connectivity index (χ2v) is 4.89. The molecule has 3 nitrogen and oxygen atoms in total. The maximum Gasteiger partial charge on any atom is 0.128 e. The van der Waals surface area contributed by atoms with E-state index in [1.54, 1.807) is 0 Å². The topological polar surface area (TPSA) is 42.1 Å². The number of hydrogen-bond acceptors (Lipinski definition) is 3. The number of hydrogen-bond donors (Lipinski definition) is 1. The number of pyridine rings is 1. The molecule has 3 heteroatoms. The predicted molar refractivity (Wildman–Crippen MR) is 80.3 cm³/mol.